The highest BCUT2D eigenvalue weighted by atomic mass is 32.1. The van der Waals surface area contributed by atoms with Gasteiger partial charge in [-0.15, -0.1) is 0 Å². The van der Waals surface area contributed by atoms with Crippen LogP contribution in [0, 0.1) is 6.92 Å². The highest BCUT2D eigenvalue weighted by Gasteiger charge is 2.04. The number of thiocarbonyl (C=S) groups is 1. The molecule has 4 nitrogen and oxygen atoms in total. The molecule has 0 bridgehead atoms. The number of hydrogen-bond donors (Lipinski definition) is 2. The fraction of sp³-hybridized carbons (Fsp3) is 0.200. The predicted molar refractivity (Wildman–Crippen MR) is 88.9 cm³/mol. The highest BCUT2D eigenvalue weighted by molar-refractivity contribution is 7.80. The molecule has 0 saturated carbocycles. The average molecular weight is 286 g/mol. The Morgan fingerprint density at radius 2 is 2.00 bits per heavy atom. The Balaban J connectivity index is 2.21. The molecular weight excluding hydrogens is 268 g/mol. The molecule has 0 radical (unpaired) electrons. The van der Waals surface area contributed by atoms with Gasteiger partial charge >= 0.3 is 0 Å². The molecule has 0 saturated heterocycles. The lowest BCUT2D eigenvalue weighted by molar-refractivity contribution is 1.11. The first-order chi connectivity index (χ1) is 9.47. The van der Waals surface area contributed by atoms with Crippen LogP contribution < -0.4 is 16.0 Å². The van der Waals surface area contributed by atoms with E-state index in [1.807, 2.05) is 32.3 Å². The summed E-state index contributed by atoms with van der Waals surface area (Å²) in [5.41, 5.74) is 9.72. The molecule has 0 unspecified atom stereocenters. The summed E-state index contributed by atoms with van der Waals surface area (Å²) in [5, 5.41) is 3.27. The van der Waals surface area contributed by atoms with E-state index >= 15 is 0 Å². The van der Waals surface area contributed by atoms with Gasteiger partial charge in [0.05, 0.1) is 0 Å². The molecule has 2 rings (SSSR count). The van der Waals surface area contributed by atoms with Crippen molar-refractivity contribution in [3.63, 3.8) is 0 Å². The smallest absolute Gasteiger partial charge is 0.130 e. The standard InChI is InChI=1S/C15H18N4S/c1-10-4-6-12(8-13(10)19(2)3)18-14-7-5-11(9-17-14)15(16)20/h4-9H,1-3H3,(H2,16,20)(H,17,18). The topological polar surface area (TPSA) is 54.2 Å². The van der Waals surface area contributed by atoms with Crippen LogP contribution in [-0.2, 0) is 0 Å². The van der Waals surface area contributed by atoms with E-state index in [0.29, 0.717) is 4.99 Å². The first kappa shape index (κ1) is 14.3. The largest absolute Gasteiger partial charge is 0.389 e. The summed E-state index contributed by atoms with van der Waals surface area (Å²) in [6, 6.07) is 9.94. The second kappa shape index (κ2) is 5.88. The fourth-order valence-corrected chi connectivity index (χ4v) is 2.05. The van der Waals surface area contributed by atoms with Gasteiger partial charge in [-0.1, -0.05) is 18.3 Å². The number of nitrogens with zero attached hydrogens (tertiary/aromatic N) is 2. The third kappa shape index (κ3) is 3.24. The van der Waals surface area contributed by atoms with E-state index < -0.39 is 0 Å². The molecule has 0 aliphatic heterocycles. The summed E-state index contributed by atoms with van der Waals surface area (Å²) >= 11 is 4.91. The summed E-state index contributed by atoms with van der Waals surface area (Å²) in [4.78, 5) is 6.74. The van der Waals surface area contributed by atoms with Gasteiger partial charge in [0.2, 0.25) is 0 Å². The second-order valence-electron chi connectivity index (χ2n) is 4.82. The molecule has 1 heterocycles. The van der Waals surface area contributed by atoms with Crippen molar-refractivity contribution in [1.29, 1.82) is 0 Å². The van der Waals surface area contributed by atoms with Gasteiger partial charge in [0.25, 0.3) is 0 Å². The molecule has 2 aromatic rings. The molecule has 104 valence electrons. The van der Waals surface area contributed by atoms with E-state index in [0.717, 1.165) is 17.1 Å². The Bertz CT molecular complexity index is 620. The van der Waals surface area contributed by atoms with E-state index in [4.69, 9.17) is 18.0 Å². The summed E-state index contributed by atoms with van der Waals surface area (Å²) < 4.78 is 0. The normalized spacial score (nSPS) is 10.2. The zero-order chi connectivity index (χ0) is 14.7. The van der Waals surface area contributed by atoms with Crippen LogP contribution in [0.2, 0.25) is 0 Å². The SMILES string of the molecule is Cc1ccc(Nc2ccc(C(N)=S)cn2)cc1N(C)C. The number of pyridine rings is 1. The van der Waals surface area contributed by atoms with Crippen molar-refractivity contribution < 1.29 is 0 Å². The lowest BCUT2D eigenvalue weighted by Gasteiger charge is -2.17. The molecular formula is C15H18N4S. The molecule has 0 aliphatic rings. The van der Waals surface area contributed by atoms with E-state index in [-0.39, 0.29) is 0 Å². The lowest BCUT2D eigenvalue weighted by Crippen LogP contribution is -2.11. The van der Waals surface area contributed by atoms with Crippen molar-refractivity contribution in [2.45, 2.75) is 6.92 Å². The maximum absolute atomic E-state index is 5.55. The Labute approximate surface area is 124 Å². The molecule has 5 heteroatoms. The van der Waals surface area contributed by atoms with Gasteiger partial charge < -0.3 is 16.0 Å². The van der Waals surface area contributed by atoms with Crippen LogP contribution in [0.25, 0.3) is 0 Å². The van der Waals surface area contributed by atoms with Crippen molar-refractivity contribution in [2.24, 2.45) is 5.73 Å². The first-order valence-corrected chi connectivity index (χ1v) is 6.69. The number of nitrogens with one attached hydrogen (secondary N) is 1. The third-order valence-electron chi connectivity index (χ3n) is 3.01. The van der Waals surface area contributed by atoms with Gasteiger partial charge in [-0.25, -0.2) is 4.98 Å². The Hall–Kier alpha value is -2.14. The van der Waals surface area contributed by atoms with Crippen molar-refractivity contribution in [3.05, 3.63) is 47.7 Å². The number of nitrogens with two attached hydrogens (primary N) is 1. The summed E-state index contributed by atoms with van der Waals surface area (Å²) in [7, 11) is 4.06. The second-order valence-corrected chi connectivity index (χ2v) is 5.26. The van der Waals surface area contributed by atoms with Crippen LogP contribution >= 0.6 is 12.2 Å². The van der Waals surface area contributed by atoms with Gasteiger partial charge in [0.1, 0.15) is 10.8 Å². The van der Waals surface area contributed by atoms with E-state index in [1.165, 1.54) is 11.3 Å². The van der Waals surface area contributed by atoms with Gasteiger partial charge in [0.15, 0.2) is 0 Å². The number of aromatic nitrogens is 1. The lowest BCUT2D eigenvalue weighted by atomic mass is 10.1. The molecule has 0 atom stereocenters. The minimum Gasteiger partial charge on any atom is -0.389 e. The minimum absolute atomic E-state index is 0.356. The number of benzene rings is 1. The van der Waals surface area contributed by atoms with Crippen LogP contribution in [0.5, 0.6) is 0 Å². The van der Waals surface area contributed by atoms with E-state index in [1.54, 1.807) is 6.20 Å². The molecule has 1 aromatic carbocycles. The van der Waals surface area contributed by atoms with Crippen LogP contribution in [0.15, 0.2) is 36.5 Å². The number of aryl methyl sites for hydroxylation is 1. The van der Waals surface area contributed by atoms with Crippen molar-refractivity contribution >= 4 is 34.4 Å². The summed E-state index contributed by atoms with van der Waals surface area (Å²) in [5.74, 6) is 0.763. The first-order valence-electron chi connectivity index (χ1n) is 6.28. The molecule has 0 fully saturated rings. The Morgan fingerprint density at radius 1 is 1.25 bits per heavy atom. The monoisotopic (exact) mass is 286 g/mol. The van der Waals surface area contributed by atoms with Crippen LogP contribution in [0.3, 0.4) is 0 Å². The van der Waals surface area contributed by atoms with Crippen molar-refractivity contribution in [3.8, 4) is 0 Å². The van der Waals surface area contributed by atoms with E-state index in [2.05, 4.69) is 34.3 Å². The molecule has 0 amide bonds. The molecule has 1 aromatic heterocycles. The summed E-state index contributed by atoms with van der Waals surface area (Å²) in [6.07, 6.45) is 1.67. The number of rotatable bonds is 4. The van der Waals surface area contributed by atoms with Gasteiger partial charge in [-0.05, 0) is 36.8 Å². The van der Waals surface area contributed by atoms with Gasteiger partial charge in [-0.2, -0.15) is 0 Å². The minimum atomic E-state index is 0.356. The highest BCUT2D eigenvalue weighted by Crippen LogP contribution is 2.24. The van der Waals surface area contributed by atoms with Crippen molar-refractivity contribution in [2.75, 3.05) is 24.3 Å². The fourth-order valence-electron chi connectivity index (χ4n) is 1.93. The summed E-state index contributed by atoms with van der Waals surface area (Å²) in [6.45, 7) is 2.09. The maximum Gasteiger partial charge on any atom is 0.130 e. The molecule has 3 N–H and O–H groups in total. The van der Waals surface area contributed by atoms with Crippen LogP contribution in [-0.4, -0.2) is 24.1 Å². The molecule has 20 heavy (non-hydrogen) atoms. The third-order valence-corrected chi connectivity index (χ3v) is 3.25. The van der Waals surface area contributed by atoms with E-state index in [9.17, 15) is 0 Å². The quantitative estimate of drug-likeness (QED) is 0.847. The maximum atomic E-state index is 5.55. The van der Waals surface area contributed by atoms with Crippen molar-refractivity contribution in [1.82, 2.24) is 4.98 Å². The zero-order valence-electron chi connectivity index (χ0n) is 11.8. The van der Waals surface area contributed by atoms with Crippen LogP contribution in [0.4, 0.5) is 17.2 Å². The number of anilines is 3. The Kier molecular flexibility index (Phi) is 4.20. The average Bonchev–Trinajstić information content (AvgIpc) is 2.41. The zero-order valence-corrected chi connectivity index (χ0v) is 12.7. The van der Waals surface area contributed by atoms with Gasteiger partial charge in [0, 0.05) is 37.2 Å². The molecule has 0 aliphatic carbocycles. The van der Waals surface area contributed by atoms with Crippen LogP contribution in [0.1, 0.15) is 11.1 Å². The predicted octanol–water partition coefficient (Wildman–Crippen LogP) is 2.83. The molecule has 0 spiro atoms. The number of hydrogen-bond acceptors (Lipinski definition) is 4. The van der Waals surface area contributed by atoms with Gasteiger partial charge in [-0.3, -0.25) is 0 Å². The Morgan fingerprint density at radius 3 is 2.55 bits per heavy atom.